The summed E-state index contributed by atoms with van der Waals surface area (Å²) in [7, 11) is 0. The lowest BCUT2D eigenvalue weighted by atomic mass is 9.68. The summed E-state index contributed by atoms with van der Waals surface area (Å²) < 4.78 is 0. The van der Waals surface area contributed by atoms with E-state index in [1.807, 2.05) is 11.3 Å². The summed E-state index contributed by atoms with van der Waals surface area (Å²) in [5, 5.41) is 3.85. The largest absolute Gasteiger partial charge is 0.427 e. The van der Waals surface area contributed by atoms with E-state index in [0.717, 1.165) is 45.3 Å². The zero-order chi connectivity index (χ0) is 25.5. The molecule has 1 aliphatic carbocycles. The van der Waals surface area contributed by atoms with Crippen molar-refractivity contribution in [3.63, 3.8) is 0 Å². The van der Waals surface area contributed by atoms with Crippen LogP contribution in [0.15, 0.2) is 60.7 Å². The fourth-order valence-corrected chi connectivity index (χ4v) is 9.57. The second-order valence-corrected chi connectivity index (χ2v) is 13.1. The molecule has 198 valence electrons. The standard InChI is InChI=1S/C32H38N4OS/c37-30(36-19-15-25(23-10-3-1-4-11-23)20-28(36)24-12-5-2-6-13-24)26-21-33-22-32(26)16-9-14-27-29(32)38-31(34-27)35-17-7-8-18-35/h1-6,10-13,25-26,28,33H,7-9,14-22H2/p+3/t25-,26+,28+,32-/m1/s1. The maximum Gasteiger partial charge on any atom is 0.427 e. The first kappa shape index (κ1) is 24.5. The minimum Gasteiger partial charge on any atom is -0.345 e. The third kappa shape index (κ3) is 4.21. The first-order valence-corrected chi connectivity index (χ1v) is 15.7. The molecule has 4 aliphatic rings. The van der Waals surface area contributed by atoms with Gasteiger partial charge in [0.1, 0.15) is 5.92 Å². The highest BCUT2D eigenvalue weighted by Gasteiger charge is 2.58. The predicted molar refractivity (Wildman–Crippen MR) is 150 cm³/mol. The van der Waals surface area contributed by atoms with Crippen molar-refractivity contribution in [2.45, 2.75) is 62.3 Å². The Kier molecular flexibility index (Phi) is 6.58. The highest BCUT2D eigenvalue weighted by atomic mass is 32.1. The predicted octanol–water partition coefficient (Wildman–Crippen LogP) is 2.79. The Morgan fingerprint density at radius 3 is 2.50 bits per heavy atom. The number of nitrogens with one attached hydrogen (secondary N) is 2. The normalized spacial score (nSPS) is 29.6. The molecule has 4 N–H and O–H groups in total. The Bertz CT molecular complexity index is 1270. The van der Waals surface area contributed by atoms with Gasteiger partial charge in [0.25, 0.3) is 0 Å². The summed E-state index contributed by atoms with van der Waals surface area (Å²) in [5.74, 6) is 0.957. The van der Waals surface area contributed by atoms with Crippen LogP contribution in [0.2, 0.25) is 0 Å². The summed E-state index contributed by atoms with van der Waals surface area (Å²) in [4.78, 5) is 24.0. The maximum atomic E-state index is 14.7. The summed E-state index contributed by atoms with van der Waals surface area (Å²) in [6, 6.07) is 21.9. The molecular formula is C32H41N4OS+3. The molecular weight excluding hydrogens is 488 g/mol. The smallest absolute Gasteiger partial charge is 0.345 e. The molecule has 6 heteroatoms. The van der Waals surface area contributed by atoms with Gasteiger partial charge >= 0.3 is 5.13 Å². The first-order chi connectivity index (χ1) is 18.7. The number of thiazole rings is 1. The van der Waals surface area contributed by atoms with Gasteiger partial charge in [0, 0.05) is 25.8 Å². The third-order valence-electron chi connectivity index (χ3n) is 9.99. The number of nitrogens with two attached hydrogens (primary N) is 1. The van der Waals surface area contributed by atoms with Crippen molar-refractivity contribution >= 4 is 22.4 Å². The van der Waals surface area contributed by atoms with Crippen molar-refractivity contribution in [2.24, 2.45) is 5.92 Å². The molecule has 1 aromatic heterocycles. The number of nitrogens with zero attached hydrogens (tertiary/aromatic N) is 1. The number of likely N-dealkylation sites (tertiary alicyclic amines) is 1. The van der Waals surface area contributed by atoms with Gasteiger partial charge in [-0.3, -0.25) is 4.79 Å². The highest BCUT2D eigenvalue weighted by Crippen LogP contribution is 2.48. The van der Waals surface area contributed by atoms with Gasteiger partial charge in [0.05, 0.1) is 42.5 Å². The lowest BCUT2D eigenvalue weighted by molar-refractivity contribution is -0.851. The average Bonchev–Trinajstić information content (AvgIpc) is 3.74. The molecule has 7 rings (SSSR count). The van der Waals surface area contributed by atoms with E-state index in [4.69, 9.17) is 0 Å². The maximum absolute atomic E-state index is 14.7. The molecule has 3 fully saturated rings. The number of aromatic amines is 1. The quantitative estimate of drug-likeness (QED) is 0.537. The summed E-state index contributed by atoms with van der Waals surface area (Å²) >= 11 is 2.01. The molecule has 0 bridgehead atoms. The average molecular weight is 530 g/mol. The molecule has 3 aromatic rings. The third-order valence-corrected chi connectivity index (χ3v) is 11.4. The number of carbonyl (C=O) groups is 1. The van der Waals surface area contributed by atoms with Crippen LogP contribution in [0.1, 0.15) is 72.2 Å². The monoisotopic (exact) mass is 529 g/mol. The molecule has 2 aromatic carbocycles. The number of rotatable bonds is 4. The van der Waals surface area contributed by atoms with Crippen molar-refractivity contribution in [3.05, 3.63) is 82.4 Å². The van der Waals surface area contributed by atoms with E-state index in [1.54, 1.807) is 4.90 Å². The van der Waals surface area contributed by atoms with E-state index in [-0.39, 0.29) is 17.4 Å². The topological polar surface area (TPSA) is 55.5 Å². The Morgan fingerprint density at radius 1 is 1.00 bits per heavy atom. The van der Waals surface area contributed by atoms with Crippen molar-refractivity contribution in [1.82, 2.24) is 4.90 Å². The van der Waals surface area contributed by atoms with Crippen LogP contribution >= 0.6 is 11.3 Å². The first-order valence-electron chi connectivity index (χ1n) is 14.9. The highest BCUT2D eigenvalue weighted by molar-refractivity contribution is 7.14. The van der Waals surface area contributed by atoms with Gasteiger partial charge < -0.3 is 10.2 Å². The Balaban J connectivity index is 1.21. The second kappa shape index (κ2) is 10.2. The second-order valence-electron chi connectivity index (χ2n) is 12.1. The van der Waals surface area contributed by atoms with Gasteiger partial charge in [-0.1, -0.05) is 60.7 Å². The van der Waals surface area contributed by atoms with Crippen LogP contribution in [0.4, 0.5) is 5.13 Å². The number of carbonyl (C=O) groups excluding carboxylic acids is 1. The van der Waals surface area contributed by atoms with Crippen LogP contribution in [0.25, 0.3) is 0 Å². The van der Waals surface area contributed by atoms with Crippen LogP contribution in [-0.4, -0.2) is 43.5 Å². The molecule has 4 heterocycles. The number of hydrogen-bond acceptors (Lipinski definition) is 2. The van der Waals surface area contributed by atoms with Crippen molar-refractivity contribution < 1.29 is 20.0 Å². The van der Waals surface area contributed by atoms with Gasteiger partial charge in [-0.25, -0.2) is 4.90 Å². The van der Waals surface area contributed by atoms with Crippen molar-refractivity contribution in [1.29, 1.82) is 0 Å². The molecule has 0 radical (unpaired) electrons. The zero-order valence-electron chi connectivity index (χ0n) is 22.3. The number of amides is 1. The fourth-order valence-electron chi connectivity index (χ4n) is 8.03. The van der Waals surface area contributed by atoms with Gasteiger partial charge in [-0.15, -0.1) is 0 Å². The van der Waals surface area contributed by atoms with Gasteiger partial charge in [0.2, 0.25) is 5.91 Å². The van der Waals surface area contributed by atoms with Gasteiger partial charge in [-0.2, -0.15) is 4.98 Å². The van der Waals surface area contributed by atoms with Gasteiger partial charge in [-0.05, 0) is 54.1 Å². The minimum atomic E-state index is -0.0131. The zero-order valence-corrected chi connectivity index (χ0v) is 23.1. The number of quaternary nitrogens is 2. The van der Waals surface area contributed by atoms with E-state index < -0.39 is 0 Å². The van der Waals surface area contributed by atoms with Crippen LogP contribution in [0.3, 0.4) is 0 Å². The molecule has 1 amide bonds. The van der Waals surface area contributed by atoms with E-state index in [0.29, 0.717) is 11.8 Å². The Hall–Kier alpha value is -2.54. The van der Waals surface area contributed by atoms with Crippen molar-refractivity contribution in [2.75, 3.05) is 32.7 Å². The SMILES string of the molecule is O=C([C@@H]1C[NH2+]C[C@]12CCCc1[nH+]c([NH+]3CCCC3)sc12)N1CC[C@@H](c2ccccc2)C[C@H]1c1ccccc1. The van der Waals surface area contributed by atoms with E-state index in [9.17, 15) is 4.79 Å². The molecule has 38 heavy (non-hydrogen) atoms. The number of aryl methyl sites for hydroxylation is 1. The molecule has 1 spiro atoms. The van der Waals surface area contributed by atoms with Crippen molar-refractivity contribution in [3.8, 4) is 0 Å². The molecule has 0 unspecified atom stereocenters. The number of aromatic nitrogens is 1. The molecule has 5 nitrogen and oxygen atoms in total. The molecule has 4 atom stereocenters. The lowest BCUT2D eigenvalue weighted by Crippen LogP contribution is -3.05. The Labute approximate surface area is 230 Å². The van der Waals surface area contributed by atoms with E-state index in [2.05, 4.69) is 75.9 Å². The fraction of sp³-hybridized carbons (Fsp3) is 0.500. The van der Waals surface area contributed by atoms with Crippen LogP contribution in [0.5, 0.6) is 0 Å². The van der Waals surface area contributed by atoms with E-state index >= 15 is 0 Å². The number of fused-ring (bicyclic) bond motifs is 2. The number of H-pyrrole nitrogens is 1. The Morgan fingerprint density at radius 2 is 1.74 bits per heavy atom. The molecule has 0 saturated carbocycles. The molecule has 3 saturated heterocycles. The van der Waals surface area contributed by atoms with Crippen LogP contribution < -0.4 is 15.2 Å². The summed E-state index contributed by atoms with van der Waals surface area (Å²) in [6.07, 6.45) is 8.16. The van der Waals surface area contributed by atoms with Crippen LogP contribution in [0, 0.1) is 5.92 Å². The van der Waals surface area contributed by atoms with Gasteiger partial charge in [0.15, 0.2) is 5.69 Å². The lowest BCUT2D eigenvalue weighted by Gasteiger charge is -2.43. The number of hydrogen-bond donors (Lipinski definition) is 2. The van der Waals surface area contributed by atoms with E-state index in [1.165, 1.54) is 59.2 Å². The summed E-state index contributed by atoms with van der Waals surface area (Å²) in [5.41, 5.74) is 4.12. The minimum absolute atomic E-state index is 0.0131. The molecule has 3 aliphatic heterocycles. The summed E-state index contributed by atoms with van der Waals surface area (Å²) in [6.45, 7) is 5.30. The number of benzene rings is 2. The van der Waals surface area contributed by atoms with Crippen LogP contribution in [-0.2, 0) is 16.6 Å². The number of piperidine rings is 1.